The number of aryl methyl sites for hydroxylation is 1. The summed E-state index contributed by atoms with van der Waals surface area (Å²) in [6.07, 6.45) is 3.52. The minimum atomic E-state index is -0.242. The lowest BCUT2D eigenvalue weighted by Crippen LogP contribution is -2.41. The van der Waals surface area contributed by atoms with E-state index in [1.807, 2.05) is 24.3 Å². The van der Waals surface area contributed by atoms with Gasteiger partial charge in [0.25, 0.3) is 5.91 Å². The number of ether oxygens (including phenoxy) is 2. The Morgan fingerprint density at radius 1 is 1.20 bits per heavy atom. The highest BCUT2D eigenvalue weighted by Crippen LogP contribution is 2.30. The smallest absolute Gasteiger partial charge is 0.270 e. The van der Waals surface area contributed by atoms with Gasteiger partial charge in [0.15, 0.2) is 11.5 Å². The monoisotopic (exact) mass is 340 g/mol. The molecule has 0 unspecified atom stereocenters. The van der Waals surface area contributed by atoms with Crippen LogP contribution in [0.4, 0.5) is 5.95 Å². The zero-order valence-corrected chi connectivity index (χ0v) is 13.8. The van der Waals surface area contributed by atoms with E-state index in [0.29, 0.717) is 24.6 Å². The molecule has 7 nitrogen and oxygen atoms in total. The van der Waals surface area contributed by atoms with E-state index >= 15 is 0 Å². The average molecular weight is 340 g/mol. The summed E-state index contributed by atoms with van der Waals surface area (Å²) in [5.74, 6) is 1.33. The van der Waals surface area contributed by atoms with E-state index in [2.05, 4.69) is 15.3 Å². The van der Waals surface area contributed by atoms with Gasteiger partial charge in [-0.1, -0.05) is 12.1 Å². The van der Waals surface area contributed by atoms with Crippen LogP contribution in [0.1, 0.15) is 34.6 Å². The maximum Gasteiger partial charge on any atom is 0.270 e. The molecule has 1 aromatic carbocycles. The van der Waals surface area contributed by atoms with Crippen molar-refractivity contribution in [2.24, 2.45) is 0 Å². The second kappa shape index (κ2) is 6.58. The van der Waals surface area contributed by atoms with Crippen molar-refractivity contribution >= 4 is 11.9 Å². The molecule has 25 heavy (non-hydrogen) atoms. The first-order valence-electron chi connectivity index (χ1n) is 8.52. The Morgan fingerprint density at radius 2 is 2.00 bits per heavy atom. The quantitative estimate of drug-likeness (QED) is 0.878. The number of fused-ring (bicyclic) bond motifs is 2. The van der Waals surface area contributed by atoms with E-state index in [4.69, 9.17) is 15.2 Å². The molecule has 130 valence electrons. The lowest BCUT2D eigenvalue weighted by molar-refractivity contribution is 0.0785. The Morgan fingerprint density at radius 3 is 2.88 bits per heavy atom. The van der Waals surface area contributed by atoms with Gasteiger partial charge in [-0.3, -0.25) is 4.79 Å². The molecular formula is C18H20N4O3. The van der Waals surface area contributed by atoms with Gasteiger partial charge in [-0.2, -0.15) is 0 Å². The summed E-state index contributed by atoms with van der Waals surface area (Å²) in [6, 6.07) is 7.50. The van der Waals surface area contributed by atoms with Crippen LogP contribution < -0.4 is 20.5 Å². The molecular weight excluding hydrogens is 320 g/mol. The summed E-state index contributed by atoms with van der Waals surface area (Å²) in [7, 11) is 0. The van der Waals surface area contributed by atoms with Gasteiger partial charge in [0, 0.05) is 11.3 Å². The number of amides is 1. The second-order valence-corrected chi connectivity index (χ2v) is 6.27. The predicted molar refractivity (Wildman–Crippen MR) is 91.8 cm³/mol. The predicted octanol–water partition coefficient (Wildman–Crippen LogP) is 1.51. The summed E-state index contributed by atoms with van der Waals surface area (Å²) in [5.41, 5.74) is 7.97. The first-order valence-corrected chi connectivity index (χ1v) is 8.52. The van der Waals surface area contributed by atoms with Crippen molar-refractivity contribution in [1.29, 1.82) is 0 Å². The molecule has 1 aliphatic heterocycles. The number of benzene rings is 1. The van der Waals surface area contributed by atoms with Crippen LogP contribution in [0.2, 0.25) is 0 Å². The first kappa shape index (κ1) is 15.7. The molecule has 0 spiro atoms. The Labute approximate surface area is 145 Å². The number of nitrogens with two attached hydrogens (primary N) is 1. The molecule has 1 aliphatic carbocycles. The lowest BCUT2D eigenvalue weighted by atomic mass is 9.94. The van der Waals surface area contributed by atoms with Gasteiger partial charge in [0.2, 0.25) is 5.95 Å². The van der Waals surface area contributed by atoms with Crippen LogP contribution in [0.5, 0.6) is 11.5 Å². The van der Waals surface area contributed by atoms with Gasteiger partial charge in [-0.05, 0) is 37.8 Å². The number of anilines is 1. The minimum Gasteiger partial charge on any atom is -0.486 e. The molecule has 3 N–H and O–H groups in total. The Balaban J connectivity index is 1.44. The van der Waals surface area contributed by atoms with Crippen molar-refractivity contribution in [2.45, 2.75) is 31.8 Å². The number of carbonyl (C=O) groups is 1. The minimum absolute atomic E-state index is 0.150. The Kier molecular flexibility index (Phi) is 4.13. The lowest BCUT2D eigenvalue weighted by Gasteiger charge is -2.26. The summed E-state index contributed by atoms with van der Waals surface area (Å²) >= 11 is 0. The van der Waals surface area contributed by atoms with Crippen molar-refractivity contribution in [3.8, 4) is 11.5 Å². The number of nitrogen functional groups attached to an aromatic ring is 1. The molecule has 0 saturated heterocycles. The van der Waals surface area contributed by atoms with Crippen molar-refractivity contribution in [3.05, 3.63) is 41.2 Å². The van der Waals surface area contributed by atoms with Crippen LogP contribution in [0.15, 0.2) is 24.3 Å². The van der Waals surface area contributed by atoms with Gasteiger partial charge in [-0.15, -0.1) is 0 Å². The molecule has 1 atom stereocenters. The van der Waals surface area contributed by atoms with Gasteiger partial charge < -0.3 is 20.5 Å². The number of nitrogens with one attached hydrogen (secondary N) is 1. The van der Waals surface area contributed by atoms with Crippen LogP contribution in [0.3, 0.4) is 0 Å². The number of carbonyl (C=O) groups excluding carboxylic acids is 1. The number of nitrogens with zero attached hydrogens (tertiary/aromatic N) is 2. The summed E-state index contributed by atoms with van der Waals surface area (Å²) in [4.78, 5) is 21.0. The van der Waals surface area contributed by atoms with Crippen molar-refractivity contribution < 1.29 is 14.3 Å². The van der Waals surface area contributed by atoms with Gasteiger partial charge >= 0.3 is 0 Å². The third kappa shape index (κ3) is 3.22. The van der Waals surface area contributed by atoms with Crippen LogP contribution in [0.25, 0.3) is 0 Å². The fourth-order valence-electron chi connectivity index (χ4n) is 3.25. The van der Waals surface area contributed by atoms with E-state index in [9.17, 15) is 4.79 Å². The molecule has 4 rings (SSSR count). The maximum atomic E-state index is 12.6. The van der Waals surface area contributed by atoms with E-state index < -0.39 is 0 Å². The highest BCUT2D eigenvalue weighted by atomic mass is 16.6. The zero-order valence-electron chi connectivity index (χ0n) is 13.8. The number of rotatable bonds is 3. The fourth-order valence-corrected chi connectivity index (χ4v) is 3.25. The molecule has 2 aromatic rings. The van der Waals surface area contributed by atoms with E-state index in [0.717, 1.165) is 42.7 Å². The largest absolute Gasteiger partial charge is 0.486 e. The number of aromatic nitrogens is 2. The summed E-state index contributed by atoms with van der Waals surface area (Å²) in [5, 5.41) is 2.89. The number of hydrogen-bond donors (Lipinski definition) is 2. The summed E-state index contributed by atoms with van der Waals surface area (Å²) < 4.78 is 11.5. The molecule has 1 aromatic heterocycles. The topological polar surface area (TPSA) is 99.4 Å². The van der Waals surface area contributed by atoms with E-state index in [1.54, 1.807) is 0 Å². The van der Waals surface area contributed by atoms with Crippen molar-refractivity contribution in [2.75, 3.05) is 18.9 Å². The van der Waals surface area contributed by atoms with Crippen LogP contribution in [-0.4, -0.2) is 35.1 Å². The highest BCUT2D eigenvalue weighted by molar-refractivity contribution is 5.94. The van der Waals surface area contributed by atoms with Crippen molar-refractivity contribution in [3.63, 3.8) is 0 Å². The van der Waals surface area contributed by atoms with E-state index in [1.165, 1.54) is 0 Å². The molecule has 2 heterocycles. The molecule has 0 fully saturated rings. The van der Waals surface area contributed by atoms with E-state index in [-0.39, 0.29) is 18.0 Å². The van der Waals surface area contributed by atoms with Crippen LogP contribution in [0, 0.1) is 0 Å². The molecule has 0 bridgehead atoms. The average Bonchev–Trinajstić information content (AvgIpc) is 2.65. The van der Waals surface area contributed by atoms with Gasteiger partial charge in [-0.25, -0.2) is 9.97 Å². The second-order valence-electron chi connectivity index (χ2n) is 6.27. The first-order chi connectivity index (χ1) is 12.2. The maximum absolute atomic E-state index is 12.6. The zero-order chi connectivity index (χ0) is 17.2. The molecule has 0 saturated carbocycles. The number of para-hydroxylation sites is 2. The Bertz CT molecular complexity index is 809. The highest BCUT2D eigenvalue weighted by Gasteiger charge is 2.24. The normalized spacial score (nSPS) is 18.3. The van der Waals surface area contributed by atoms with Crippen molar-refractivity contribution in [1.82, 2.24) is 15.3 Å². The van der Waals surface area contributed by atoms with Crippen LogP contribution >= 0.6 is 0 Å². The third-order valence-corrected chi connectivity index (χ3v) is 4.47. The fraction of sp³-hybridized carbons (Fsp3) is 0.389. The van der Waals surface area contributed by atoms with Crippen LogP contribution in [-0.2, 0) is 12.8 Å². The summed E-state index contributed by atoms with van der Waals surface area (Å²) in [6.45, 7) is 0.729. The SMILES string of the molecule is Nc1nc2c(c(C(=O)NC[C@@H]3COc4ccccc4O3)n1)CCCC2. The van der Waals surface area contributed by atoms with Gasteiger partial charge in [0.1, 0.15) is 18.4 Å². The molecule has 7 heteroatoms. The third-order valence-electron chi connectivity index (χ3n) is 4.47. The molecule has 2 aliphatic rings. The standard InChI is InChI=1S/C18H20N4O3/c19-18-21-13-6-2-1-5-12(13)16(22-18)17(23)20-9-11-10-24-14-7-3-4-8-15(14)25-11/h3-4,7-8,11H,1-2,5-6,9-10H2,(H,20,23)(H2,19,21,22)/t11-/m1/s1. The Hall–Kier alpha value is -2.83. The number of hydrogen-bond acceptors (Lipinski definition) is 6. The molecule has 0 radical (unpaired) electrons. The molecule has 1 amide bonds. The van der Waals surface area contributed by atoms with Gasteiger partial charge in [0.05, 0.1) is 6.54 Å².